The van der Waals surface area contributed by atoms with Gasteiger partial charge in [0.1, 0.15) is 5.75 Å². The Bertz CT molecular complexity index is 434. The number of rotatable bonds is 9. The standard InChI is InChI=1S/C16H27NO2S/c1-5-6-7-10-20(18)12-15(17-3)14-11-13(2)8-9-16(14)19-4/h8-9,11,15,17H,5-7,10,12H2,1-4H3. The van der Waals surface area contributed by atoms with Gasteiger partial charge in [0, 0.05) is 33.9 Å². The number of ether oxygens (including phenoxy) is 1. The van der Waals surface area contributed by atoms with Crippen molar-refractivity contribution in [3.8, 4) is 5.75 Å². The molecule has 114 valence electrons. The summed E-state index contributed by atoms with van der Waals surface area (Å²) < 4.78 is 17.6. The Balaban J connectivity index is 2.75. The van der Waals surface area contributed by atoms with Crippen molar-refractivity contribution in [2.45, 2.75) is 39.2 Å². The van der Waals surface area contributed by atoms with E-state index in [0.29, 0.717) is 5.75 Å². The van der Waals surface area contributed by atoms with Crippen molar-refractivity contribution in [3.05, 3.63) is 29.3 Å². The second kappa shape index (κ2) is 9.14. The minimum Gasteiger partial charge on any atom is -0.496 e. The lowest BCUT2D eigenvalue weighted by molar-refractivity contribution is 0.404. The summed E-state index contributed by atoms with van der Waals surface area (Å²) in [6, 6.07) is 6.21. The van der Waals surface area contributed by atoms with Crippen LogP contribution in [0.3, 0.4) is 0 Å². The van der Waals surface area contributed by atoms with Crippen molar-refractivity contribution in [3.63, 3.8) is 0 Å². The Hall–Kier alpha value is -0.870. The van der Waals surface area contributed by atoms with Gasteiger partial charge in [0.2, 0.25) is 0 Å². The number of aryl methyl sites for hydroxylation is 1. The van der Waals surface area contributed by atoms with Crippen molar-refractivity contribution in [1.82, 2.24) is 5.32 Å². The van der Waals surface area contributed by atoms with Crippen molar-refractivity contribution < 1.29 is 8.95 Å². The fourth-order valence-electron chi connectivity index (χ4n) is 2.24. The Kier molecular flexibility index (Phi) is 7.85. The highest BCUT2D eigenvalue weighted by molar-refractivity contribution is 7.85. The summed E-state index contributed by atoms with van der Waals surface area (Å²) in [6.45, 7) is 4.23. The van der Waals surface area contributed by atoms with E-state index in [0.717, 1.165) is 29.9 Å². The highest BCUT2D eigenvalue weighted by atomic mass is 32.2. The molecule has 0 heterocycles. The molecular weight excluding hydrogens is 270 g/mol. The predicted octanol–water partition coefficient (Wildman–Crippen LogP) is 3.20. The minimum absolute atomic E-state index is 0.0762. The summed E-state index contributed by atoms with van der Waals surface area (Å²) in [5.41, 5.74) is 2.29. The third-order valence-electron chi connectivity index (χ3n) is 3.44. The Morgan fingerprint density at radius 3 is 2.70 bits per heavy atom. The molecule has 0 radical (unpaired) electrons. The lowest BCUT2D eigenvalue weighted by Gasteiger charge is -2.19. The van der Waals surface area contributed by atoms with Gasteiger partial charge in [0.25, 0.3) is 0 Å². The summed E-state index contributed by atoms with van der Waals surface area (Å²) in [6.07, 6.45) is 3.37. The molecule has 1 rings (SSSR count). The van der Waals surface area contributed by atoms with Crippen molar-refractivity contribution in [1.29, 1.82) is 0 Å². The first kappa shape index (κ1) is 17.2. The summed E-state index contributed by atoms with van der Waals surface area (Å²) in [5.74, 6) is 2.29. The maximum Gasteiger partial charge on any atom is 0.123 e. The van der Waals surface area contributed by atoms with Gasteiger partial charge in [-0.2, -0.15) is 0 Å². The quantitative estimate of drug-likeness (QED) is 0.711. The highest BCUT2D eigenvalue weighted by Crippen LogP contribution is 2.26. The molecule has 0 amide bonds. The maximum atomic E-state index is 12.2. The van der Waals surface area contributed by atoms with Crippen LogP contribution in [0.1, 0.15) is 43.4 Å². The van der Waals surface area contributed by atoms with Crippen LogP contribution in [0.15, 0.2) is 18.2 Å². The van der Waals surface area contributed by atoms with E-state index in [4.69, 9.17) is 4.74 Å². The maximum absolute atomic E-state index is 12.2. The van der Waals surface area contributed by atoms with Gasteiger partial charge >= 0.3 is 0 Å². The normalized spacial score (nSPS) is 14.0. The van der Waals surface area contributed by atoms with E-state index in [1.807, 2.05) is 19.2 Å². The first-order valence-electron chi connectivity index (χ1n) is 7.29. The van der Waals surface area contributed by atoms with Crippen LogP contribution in [0, 0.1) is 6.92 Å². The van der Waals surface area contributed by atoms with Crippen LogP contribution in [0.2, 0.25) is 0 Å². The Labute approximate surface area is 125 Å². The molecule has 0 spiro atoms. The summed E-state index contributed by atoms with van der Waals surface area (Å²) in [4.78, 5) is 0. The van der Waals surface area contributed by atoms with Crippen LogP contribution >= 0.6 is 0 Å². The third-order valence-corrected chi connectivity index (χ3v) is 4.89. The van der Waals surface area contributed by atoms with Crippen LogP contribution in [0.4, 0.5) is 0 Å². The predicted molar refractivity (Wildman–Crippen MR) is 86.9 cm³/mol. The molecule has 3 nitrogen and oxygen atoms in total. The van der Waals surface area contributed by atoms with Gasteiger partial charge < -0.3 is 10.1 Å². The van der Waals surface area contributed by atoms with Gasteiger partial charge in [0.15, 0.2) is 0 Å². The van der Waals surface area contributed by atoms with E-state index in [2.05, 4.69) is 25.2 Å². The second-order valence-electron chi connectivity index (χ2n) is 5.10. The molecule has 1 aromatic carbocycles. The molecule has 0 aromatic heterocycles. The van der Waals surface area contributed by atoms with E-state index < -0.39 is 10.8 Å². The fourth-order valence-corrected chi connectivity index (χ4v) is 3.65. The lowest BCUT2D eigenvalue weighted by atomic mass is 10.0. The number of nitrogens with one attached hydrogen (secondary N) is 1. The molecule has 0 saturated carbocycles. The van der Waals surface area contributed by atoms with Crippen molar-refractivity contribution in [2.24, 2.45) is 0 Å². The SMILES string of the molecule is CCCCCS(=O)CC(NC)c1cc(C)ccc1OC. The fraction of sp³-hybridized carbons (Fsp3) is 0.625. The van der Waals surface area contributed by atoms with Crippen LogP contribution in [0.5, 0.6) is 5.75 Å². The zero-order chi connectivity index (χ0) is 15.0. The van der Waals surface area contributed by atoms with E-state index >= 15 is 0 Å². The van der Waals surface area contributed by atoms with Gasteiger partial charge in [-0.15, -0.1) is 0 Å². The molecular formula is C16H27NO2S. The van der Waals surface area contributed by atoms with Crippen LogP contribution < -0.4 is 10.1 Å². The number of hydrogen-bond donors (Lipinski definition) is 1. The molecule has 0 aliphatic rings. The largest absolute Gasteiger partial charge is 0.496 e. The molecule has 0 saturated heterocycles. The molecule has 2 atom stereocenters. The molecule has 4 heteroatoms. The molecule has 1 N–H and O–H groups in total. The lowest BCUT2D eigenvalue weighted by Crippen LogP contribution is -2.24. The van der Waals surface area contributed by atoms with E-state index in [1.165, 1.54) is 12.0 Å². The summed E-state index contributed by atoms with van der Waals surface area (Å²) in [7, 11) is 2.81. The Morgan fingerprint density at radius 2 is 2.10 bits per heavy atom. The monoisotopic (exact) mass is 297 g/mol. The molecule has 20 heavy (non-hydrogen) atoms. The smallest absolute Gasteiger partial charge is 0.123 e. The van der Waals surface area contributed by atoms with Gasteiger partial charge in [-0.1, -0.05) is 37.5 Å². The van der Waals surface area contributed by atoms with Crippen molar-refractivity contribution >= 4 is 10.8 Å². The van der Waals surface area contributed by atoms with Crippen LogP contribution in [-0.2, 0) is 10.8 Å². The number of hydrogen-bond acceptors (Lipinski definition) is 3. The summed E-state index contributed by atoms with van der Waals surface area (Å²) >= 11 is 0. The van der Waals surface area contributed by atoms with Gasteiger partial charge in [-0.25, -0.2) is 0 Å². The molecule has 1 aromatic rings. The number of unbranched alkanes of at least 4 members (excludes halogenated alkanes) is 2. The first-order chi connectivity index (χ1) is 9.62. The van der Waals surface area contributed by atoms with E-state index in [-0.39, 0.29) is 6.04 Å². The zero-order valence-corrected chi connectivity index (χ0v) is 13.9. The first-order valence-corrected chi connectivity index (χ1v) is 8.78. The topological polar surface area (TPSA) is 38.3 Å². The molecule has 0 aliphatic heterocycles. The summed E-state index contributed by atoms with van der Waals surface area (Å²) in [5, 5.41) is 3.27. The molecule has 2 unspecified atom stereocenters. The van der Waals surface area contributed by atoms with E-state index in [9.17, 15) is 4.21 Å². The van der Waals surface area contributed by atoms with Crippen molar-refractivity contribution in [2.75, 3.05) is 25.7 Å². The van der Waals surface area contributed by atoms with Gasteiger partial charge in [-0.3, -0.25) is 4.21 Å². The third kappa shape index (κ3) is 5.25. The number of benzene rings is 1. The molecule has 0 fully saturated rings. The van der Waals surface area contributed by atoms with E-state index in [1.54, 1.807) is 7.11 Å². The zero-order valence-electron chi connectivity index (χ0n) is 13.1. The Morgan fingerprint density at radius 1 is 1.35 bits per heavy atom. The highest BCUT2D eigenvalue weighted by Gasteiger charge is 2.17. The van der Waals surface area contributed by atoms with Gasteiger partial charge in [-0.05, 0) is 26.5 Å². The molecule has 0 bridgehead atoms. The second-order valence-corrected chi connectivity index (χ2v) is 6.73. The van der Waals surface area contributed by atoms with Crippen LogP contribution in [-0.4, -0.2) is 29.9 Å². The number of methoxy groups -OCH3 is 1. The average Bonchev–Trinajstić information content (AvgIpc) is 2.45. The van der Waals surface area contributed by atoms with Gasteiger partial charge in [0.05, 0.1) is 7.11 Å². The minimum atomic E-state index is -0.787. The molecule has 0 aliphatic carbocycles. The van der Waals surface area contributed by atoms with Crippen LogP contribution in [0.25, 0.3) is 0 Å². The average molecular weight is 297 g/mol.